The molecular formula is C25H22BrNO4. The predicted octanol–water partition coefficient (Wildman–Crippen LogP) is 4.98. The number of benzene rings is 3. The van der Waals surface area contributed by atoms with E-state index in [-0.39, 0.29) is 24.5 Å². The quantitative estimate of drug-likeness (QED) is 0.318. The van der Waals surface area contributed by atoms with Crippen molar-refractivity contribution in [2.75, 3.05) is 20.3 Å². The van der Waals surface area contributed by atoms with E-state index in [2.05, 4.69) is 15.9 Å². The normalized spacial score (nSPS) is 18.2. The summed E-state index contributed by atoms with van der Waals surface area (Å²) in [7, 11) is 1.55. The van der Waals surface area contributed by atoms with Gasteiger partial charge >= 0.3 is 0 Å². The zero-order chi connectivity index (χ0) is 22.1. The fraction of sp³-hybridized carbons (Fsp3) is 0.200. The van der Waals surface area contributed by atoms with E-state index in [0.29, 0.717) is 5.56 Å². The molecule has 1 atom stereocenters. The van der Waals surface area contributed by atoms with Crippen LogP contribution in [0.4, 0.5) is 0 Å². The minimum atomic E-state index is -0.704. The number of hydrogen-bond acceptors (Lipinski definition) is 4. The summed E-state index contributed by atoms with van der Waals surface area (Å²) < 4.78 is 6.08. The third-order valence-electron chi connectivity index (χ3n) is 5.63. The largest absolute Gasteiger partial charge is 0.507 e. The van der Waals surface area contributed by atoms with E-state index in [9.17, 15) is 14.7 Å². The lowest BCUT2D eigenvalue weighted by molar-refractivity contribution is -0.140. The third-order valence-corrected chi connectivity index (χ3v) is 6.52. The minimum absolute atomic E-state index is 0.0965. The maximum atomic E-state index is 13.1. The molecule has 6 heteroatoms. The molecule has 31 heavy (non-hydrogen) atoms. The zero-order valence-corrected chi connectivity index (χ0v) is 18.8. The van der Waals surface area contributed by atoms with Gasteiger partial charge in [-0.2, -0.15) is 0 Å². The highest BCUT2D eigenvalue weighted by Gasteiger charge is 2.46. The van der Waals surface area contributed by atoms with Gasteiger partial charge in [-0.15, -0.1) is 0 Å². The Bertz CT molecular complexity index is 1210. The fourth-order valence-electron chi connectivity index (χ4n) is 4.06. The number of hydrogen-bond donors (Lipinski definition) is 1. The number of likely N-dealkylation sites (tertiary alicyclic amines) is 1. The maximum absolute atomic E-state index is 13.1. The number of methoxy groups -OCH3 is 1. The van der Waals surface area contributed by atoms with E-state index in [1.165, 1.54) is 4.90 Å². The number of nitrogens with zero attached hydrogens (tertiary/aromatic N) is 1. The summed E-state index contributed by atoms with van der Waals surface area (Å²) in [4.78, 5) is 27.6. The van der Waals surface area contributed by atoms with Crippen molar-refractivity contribution in [2.24, 2.45) is 0 Å². The molecule has 1 N–H and O–H groups in total. The Balaban J connectivity index is 1.96. The van der Waals surface area contributed by atoms with E-state index in [4.69, 9.17) is 4.74 Å². The SMILES string of the molecule is COCCN1C(=O)C(=O)/C(=C(\O)c2ccc(Br)c(C)c2)C1c1cccc2ccccc12. The van der Waals surface area contributed by atoms with Crippen molar-refractivity contribution < 1.29 is 19.4 Å². The van der Waals surface area contributed by atoms with Gasteiger partial charge in [-0.25, -0.2) is 0 Å². The number of halogens is 1. The number of fused-ring (bicyclic) bond motifs is 1. The highest BCUT2D eigenvalue weighted by Crippen LogP contribution is 2.41. The van der Waals surface area contributed by atoms with Crippen LogP contribution in [0.2, 0.25) is 0 Å². The summed E-state index contributed by atoms with van der Waals surface area (Å²) in [5, 5.41) is 13.1. The number of carbonyl (C=O) groups excluding carboxylic acids is 2. The Hall–Kier alpha value is -2.96. The molecule has 1 saturated heterocycles. The Morgan fingerprint density at radius 1 is 1.10 bits per heavy atom. The Morgan fingerprint density at radius 2 is 1.84 bits per heavy atom. The van der Waals surface area contributed by atoms with Crippen LogP contribution in [0.1, 0.15) is 22.7 Å². The fourth-order valence-corrected chi connectivity index (χ4v) is 4.31. The molecule has 0 radical (unpaired) electrons. The first-order valence-electron chi connectivity index (χ1n) is 9.95. The monoisotopic (exact) mass is 479 g/mol. The van der Waals surface area contributed by atoms with E-state index >= 15 is 0 Å². The average molecular weight is 480 g/mol. The maximum Gasteiger partial charge on any atom is 0.295 e. The van der Waals surface area contributed by atoms with Gasteiger partial charge in [0.25, 0.3) is 11.7 Å². The Kier molecular flexibility index (Phi) is 5.94. The molecule has 1 heterocycles. The summed E-state index contributed by atoms with van der Waals surface area (Å²) >= 11 is 3.46. The van der Waals surface area contributed by atoms with Gasteiger partial charge in [0.2, 0.25) is 0 Å². The first-order valence-corrected chi connectivity index (χ1v) is 10.7. The van der Waals surface area contributed by atoms with Crippen LogP contribution in [-0.2, 0) is 14.3 Å². The second kappa shape index (κ2) is 8.65. The van der Waals surface area contributed by atoms with Gasteiger partial charge in [-0.3, -0.25) is 9.59 Å². The lowest BCUT2D eigenvalue weighted by atomic mass is 9.91. The van der Waals surface area contributed by atoms with Crippen molar-refractivity contribution in [3.63, 3.8) is 0 Å². The molecular weight excluding hydrogens is 458 g/mol. The van der Waals surface area contributed by atoms with Crippen LogP contribution >= 0.6 is 15.9 Å². The number of Topliss-reactive ketones (excluding diaryl/α,β-unsaturated/α-hetero) is 1. The van der Waals surface area contributed by atoms with Crippen LogP contribution in [0.5, 0.6) is 0 Å². The molecule has 3 aromatic rings. The standard InChI is InChI=1S/C25H22BrNO4/c1-15-14-17(10-11-20(15)26)23(28)21-22(27(12-13-31-2)25(30)24(21)29)19-9-5-7-16-6-3-4-8-18(16)19/h3-11,14,22,28H,12-13H2,1-2H3/b23-21-. The second-order valence-corrected chi connectivity index (χ2v) is 8.37. The highest BCUT2D eigenvalue weighted by molar-refractivity contribution is 9.10. The van der Waals surface area contributed by atoms with E-state index in [1.807, 2.05) is 55.5 Å². The lowest BCUT2D eigenvalue weighted by Gasteiger charge is -2.26. The molecule has 0 aromatic heterocycles. The molecule has 3 aromatic carbocycles. The molecule has 1 aliphatic heterocycles. The first-order chi connectivity index (χ1) is 14.9. The van der Waals surface area contributed by atoms with Crippen molar-refractivity contribution in [3.8, 4) is 0 Å². The molecule has 1 fully saturated rings. The molecule has 5 nitrogen and oxygen atoms in total. The number of ether oxygens (including phenoxy) is 1. The van der Waals surface area contributed by atoms with Crippen molar-refractivity contribution >= 4 is 44.2 Å². The Morgan fingerprint density at radius 3 is 2.58 bits per heavy atom. The number of ketones is 1. The van der Waals surface area contributed by atoms with Crippen molar-refractivity contribution in [2.45, 2.75) is 13.0 Å². The van der Waals surface area contributed by atoms with Gasteiger partial charge in [-0.05, 0) is 41.0 Å². The molecule has 1 unspecified atom stereocenters. The third kappa shape index (κ3) is 3.77. The van der Waals surface area contributed by atoms with Gasteiger partial charge in [0, 0.05) is 23.7 Å². The molecule has 0 spiro atoms. The molecule has 0 bridgehead atoms. The van der Waals surface area contributed by atoms with E-state index < -0.39 is 17.7 Å². The van der Waals surface area contributed by atoms with Crippen LogP contribution in [-0.4, -0.2) is 42.0 Å². The van der Waals surface area contributed by atoms with E-state index in [0.717, 1.165) is 26.4 Å². The van der Waals surface area contributed by atoms with Crippen LogP contribution in [0.15, 0.2) is 70.7 Å². The van der Waals surface area contributed by atoms with Gasteiger partial charge in [0.15, 0.2) is 0 Å². The molecule has 0 aliphatic carbocycles. The van der Waals surface area contributed by atoms with Crippen molar-refractivity contribution in [1.29, 1.82) is 0 Å². The molecule has 4 rings (SSSR count). The number of rotatable bonds is 5. The lowest BCUT2D eigenvalue weighted by Crippen LogP contribution is -2.32. The van der Waals surface area contributed by atoms with Crippen LogP contribution in [0.25, 0.3) is 16.5 Å². The number of aliphatic hydroxyl groups is 1. The number of carbonyl (C=O) groups is 2. The van der Waals surface area contributed by atoms with Crippen LogP contribution < -0.4 is 0 Å². The average Bonchev–Trinajstić information content (AvgIpc) is 3.03. The van der Waals surface area contributed by atoms with Crippen LogP contribution in [0, 0.1) is 6.92 Å². The van der Waals surface area contributed by atoms with E-state index in [1.54, 1.807) is 19.2 Å². The minimum Gasteiger partial charge on any atom is -0.507 e. The summed E-state index contributed by atoms with van der Waals surface area (Å²) in [6.07, 6.45) is 0. The number of aryl methyl sites for hydroxylation is 1. The summed E-state index contributed by atoms with van der Waals surface area (Å²) in [6, 6.07) is 18.2. The number of aliphatic hydroxyl groups excluding tert-OH is 1. The van der Waals surface area contributed by atoms with Gasteiger partial charge in [-0.1, -0.05) is 64.5 Å². The zero-order valence-electron chi connectivity index (χ0n) is 17.3. The van der Waals surface area contributed by atoms with Gasteiger partial charge in [0.1, 0.15) is 5.76 Å². The summed E-state index contributed by atoms with van der Waals surface area (Å²) in [5.41, 5.74) is 2.30. The first kappa shape index (κ1) is 21.3. The topological polar surface area (TPSA) is 66.8 Å². The van der Waals surface area contributed by atoms with Crippen LogP contribution in [0.3, 0.4) is 0 Å². The Labute approximate surface area is 189 Å². The predicted molar refractivity (Wildman–Crippen MR) is 124 cm³/mol. The molecule has 1 amide bonds. The second-order valence-electron chi connectivity index (χ2n) is 7.52. The van der Waals surface area contributed by atoms with Gasteiger partial charge < -0.3 is 14.7 Å². The summed E-state index contributed by atoms with van der Waals surface area (Å²) in [5.74, 6) is -1.50. The van der Waals surface area contributed by atoms with Crippen molar-refractivity contribution in [3.05, 3.63) is 87.4 Å². The van der Waals surface area contributed by atoms with Gasteiger partial charge in [0.05, 0.1) is 18.2 Å². The molecule has 158 valence electrons. The summed E-state index contributed by atoms with van der Waals surface area (Å²) in [6.45, 7) is 2.43. The number of amides is 1. The molecule has 0 saturated carbocycles. The highest BCUT2D eigenvalue weighted by atomic mass is 79.9. The molecule has 1 aliphatic rings. The smallest absolute Gasteiger partial charge is 0.295 e. The van der Waals surface area contributed by atoms with Crippen molar-refractivity contribution in [1.82, 2.24) is 4.90 Å².